The second-order valence-corrected chi connectivity index (χ2v) is 6.97. The van der Waals surface area contributed by atoms with Gasteiger partial charge in [0.15, 0.2) is 6.61 Å². The molecule has 0 fully saturated rings. The first-order valence-corrected chi connectivity index (χ1v) is 8.66. The second kappa shape index (κ2) is 6.41. The largest absolute Gasteiger partial charge is 0.482 e. The van der Waals surface area contributed by atoms with Crippen LogP contribution in [-0.4, -0.2) is 31.2 Å². The van der Waals surface area contributed by atoms with Gasteiger partial charge < -0.3 is 14.7 Å². The van der Waals surface area contributed by atoms with E-state index < -0.39 is 28.5 Å². The third-order valence-corrected chi connectivity index (χ3v) is 4.68. The highest BCUT2D eigenvalue weighted by molar-refractivity contribution is 7.92. The van der Waals surface area contributed by atoms with Crippen molar-refractivity contribution in [2.45, 2.75) is 11.1 Å². The molecule has 0 aliphatic rings. The number of hydrogen-bond donors (Lipinski definition) is 3. The van der Waals surface area contributed by atoms with E-state index in [1.54, 1.807) is 0 Å². The average molecular weight is 387 g/mol. The number of para-hydroxylation sites is 2. The van der Waals surface area contributed by atoms with Gasteiger partial charge in [-0.05, 0) is 30.3 Å². The van der Waals surface area contributed by atoms with E-state index in [4.69, 9.17) is 0 Å². The van der Waals surface area contributed by atoms with Gasteiger partial charge in [0, 0.05) is 0 Å². The van der Waals surface area contributed by atoms with Crippen LogP contribution in [0.2, 0.25) is 0 Å². The molecule has 0 saturated heterocycles. The zero-order valence-electron chi connectivity index (χ0n) is 12.9. The fourth-order valence-electron chi connectivity index (χ4n) is 2.22. The van der Waals surface area contributed by atoms with Gasteiger partial charge in [0.2, 0.25) is 0 Å². The standard InChI is InChI=1S/C15H12F3N3O4S/c16-15(17,18)8-25-13-4-2-1-3-11(13)21-26(23,24)9-5-6-10-12(7-9)20-14(22)19-10/h1-7,21H,8H2,(H2,19,20,22). The molecule has 0 aliphatic carbocycles. The molecule has 0 atom stereocenters. The first kappa shape index (κ1) is 17.9. The molecule has 2 aromatic carbocycles. The molecular weight excluding hydrogens is 375 g/mol. The molecule has 138 valence electrons. The fourth-order valence-corrected chi connectivity index (χ4v) is 3.32. The molecule has 0 amide bonds. The van der Waals surface area contributed by atoms with Crippen molar-refractivity contribution in [3.05, 3.63) is 52.9 Å². The normalized spacial score (nSPS) is 12.3. The van der Waals surface area contributed by atoms with Crippen molar-refractivity contribution in [3.63, 3.8) is 0 Å². The van der Waals surface area contributed by atoms with E-state index >= 15 is 0 Å². The first-order chi connectivity index (χ1) is 12.1. The zero-order chi connectivity index (χ0) is 18.9. The average Bonchev–Trinajstić information content (AvgIpc) is 2.92. The van der Waals surface area contributed by atoms with Crippen LogP contribution < -0.4 is 15.1 Å². The first-order valence-electron chi connectivity index (χ1n) is 7.17. The third kappa shape index (κ3) is 3.99. The minimum Gasteiger partial charge on any atom is -0.482 e. The molecule has 0 bridgehead atoms. The molecule has 11 heteroatoms. The van der Waals surface area contributed by atoms with Crippen molar-refractivity contribution in [1.29, 1.82) is 0 Å². The number of nitrogens with one attached hydrogen (secondary N) is 3. The van der Waals surface area contributed by atoms with E-state index in [9.17, 15) is 26.4 Å². The Morgan fingerprint density at radius 2 is 1.73 bits per heavy atom. The number of imidazole rings is 1. The summed E-state index contributed by atoms with van der Waals surface area (Å²) in [4.78, 5) is 16.0. The Kier molecular flexibility index (Phi) is 4.40. The van der Waals surface area contributed by atoms with Gasteiger partial charge in [0.1, 0.15) is 5.75 Å². The van der Waals surface area contributed by atoms with Gasteiger partial charge in [-0.1, -0.05) is 12.1 Å². The Labute approximate surface area is 144 Å². The maximum Gasteiger partial charge on any atom is 0.422 e. The monoisotopic (exact) mass is 387 g/mol. The smallest absolute Gasteiger partial charge is 0.422 e. The van der Waals surface area contributed by atoms with Crippen molar-refractivity contribution >= 4 is 26.7 Å². The molecule has 7 nitrogen and oxygen atoms in total. The number of fused-ring (bicyclic) bond motifs is 1. The number of halogens is 3. The van der Waals surface area contributed by atoms with Gasteiger partial charge in [-0.15, -0.1) is 0 Å². The highest BCUT2D eigenvalue weighted by Crippen LogP contribution is 2.28. The van der Waals surface area contributed by atoms with Crippen molar-refractivity contribution in [2.24, 2.45) is 0 Å². The molecule has 3 rings (SSSR count). The topological polar surface area (TPSA) is 104 Å². The van der Waals surface area contributed by atoms with Crippen molar-refractivity contribution in [3.8, 4) is 5.75 Å². The zero-order valence-corrected chi connectivity index (χ0v) is 13.7. The van der Waals surface area contributed by atoms with E-state index in [0.29, 0.717) is 5.52 Å². The highest BCUT2D eigenvalue weighted by atomic mass is 32.2. The minimum absolute atomic E-state index is 0.139. The Morgan fingerprint density at radius 1 is 1.04 bits per heavy atom. The summed E-state index contributed by atoms with van der Waals surface area (Å²) in [5.41, 5.74) is 0.0650. The van der Waals surface area contributed by atoms with Gasteiger partial charge in [-0.3, -0.25) is 4.72 Å². The van der Waals surface area contributed by atoms with Crippen LogP contribution >= 0.6 is 0 Å². The Morgan fingerprint density at radius 3 is 2.46 bits per heavy atom. The van der Waals surface area contributed by atoms with Gasteiger partial charge in [-0.25, -0.2) is 13.2 Å². The number of rotatable bonds is 5. The number of sulfonamides is 1. The summed E-state index contributed by atoms with van der Waals surface area (Å²) in [6.07, 6.45) is -4.56. The molecule has 0 spiro atoms. The number of aromatic amines is 2. The number of benzene rings is 2. The number of H-pyrrole nitrogens is 2. The summed E-state index contributed by atoms with van der Waals surface area (Å²) >= 11 is 0. The molecule has 0 unspecified atom stereocenters. The Bertz CT molecular complexity index is 1100. The van der Waals surface area contributed by atoms with Crippen molar-refractivity contribution in [2.75, 3.05) is 11.3 Å². The third-order valence-electron chi connectivity index (χ3n) is 3.32. The van der Waals surface area contributed by atoms with Gasteiger partial charge in [-0.2, -0.15) is 13.2 Å². The van der Waals surface area contributed by atoms with Crippen molar-refractivity contribution in [1.82, 2.24) is 9.97 Å². The van der Waals surface area contributed by atoms with Crippen LogP contribution in [0.1, 0.15) is 0 Å². The van der Waals surface area contributed by atoms with Gasteiger partial charge in [0.25, 0.3) is 10.0 Å². The molecule has 3 aromatic rings. The fraction of sp³-hybridized carbons (Fsp3) is 0.133. The summed E-state index contributed by atoms with van der Waals surface area (Å²) < 4.78 is 68.9. The Balaban J connectivity index is 1.90. The molecular formula is C15H12F3N3O4S. The van der Waals surface area contributed by atoms with Crippen LogP contribution in [0, 0.1) is 0 Å². The molecule has 26 heavy (non-hydrogen) atoms. The van der Waals surface area contributed by atoms with Crippen LogP contribution in [-0.2, 0) is 10.0 Å². The van der Waals surface area contributed by atoms with Crippen molar-refractivity contribution < 1.29 is 26.3 Å². The second-order valence-electron chi connectivity index (χ2n) is 5.29. The van der Waals surface area contributed by atoms with Crippen LogP contribution in [0.15, 0.2) is 52.2 Å². The van der Waals surface area contributed by atoms with E-state index in [2.05, 4.69) is 19.4 Å². The lowest BCUT2D eigenvalue weighted by Crippen LogP contribution is -2.20. The lowest BCUT2D eigenvalue weighted by atomic mass is 10.3. The SMILES string of the molecule is O=c1[nH]c2ccc(S(=O)(=O)Nc3ccccc3OCC(F)(F)F)cc2[nH]1. The minimum atomic E-state index is -4.56. The summed E-state index contributed by atoms with van der Waals surface area (Å²) in [5.74, 6) is -0.260. The summed E-state index contributed by atoms with van der Waals surface area (Å²) in [6.45, 7) is -1.55. The van der Waals surface area contributed by atoms with E-state index in [1.165, 1.54) is 42.5 Å². The summed E-state index contributed by atoms with van der Waals surface area (Å²) in [6, 6.07) is 9.25. The number of hydrogen-bond acceptors (Lipinski definition) is 4. The Hall–Kier alpha value is -2.95. The molecule has 1 heterocycles. The molecule has 0 aliphatic heterocycles. The highest BCUT2D eigenvalue weighted by Gasteiger charge is 2.29. The molecule has 0 saturated carbocycles. The maximum absolute atomic E-state index is 12.5. The molecule has 3 N–H and O–H groups in total. The van der Waals surface area contributed by atoms with E-state index in [0.717, 1.165) is 0 Å². The van der Waals surface area contributed by atoms with Gasteiger partial charge in [0.05, 0.1) is 21.6 Å². The number of aromatic nitrogens is 2. The molecule has 1 aromatic heterocycles. The quantitative estimate of drug-likeness (QED) is 0.626. The molecule has 0 radical (unpaired) electrons. The predicted octanol–water partition coefficient (Wildman–Crippen LogP) is 2.60. The van der Waals surface area contributed by atoms with Crippen LogP contribution in [0.5, 0.6) is 5.75 Å². The number of anilines is 1. The van der Waals surface area contributed by atoms with Crippen LogP contribution in [0.3, 0.4) is 0 Å². The summed E-state index contributed by atoms with van der Waals surface area (Å²) in [5, 5.41) is 0. The number of alkyl halides is 3. The van der Waals surface area contributed by atoms with E-state index in [1.807, 2.05) is 0 Å². The van der Waals surface area contributed by atoms with E-state index in [-0.39, 0.29) is 21.8 Å². The number of ether oxygens (including phenoxy) is 1. The lowest BCUT2D eigenvalue weighted by Gasteiger charge is -2.14. The summed E-state index contributed by atoms with van der Waals surface area (Å²) in [7, 11) is -4.12. The predicted molar refractivity (Wildman–Crippen MR) is 87.7 cm³/mol. The van der Waals surface area contributed by atoms with Crippen LogP contribution in [0.4, 0.5) is 18.9 Å². The van der Waals surface area contributed by atoms with Gasteiger partial charge >= 0.3 is 11.9 Å². The van der Waals surface area contributed by atoms with Crippen LogP contribution in [0.25, 0.3) is 11.0 Å². The lowest BCUT2D eigenvalue weighted by molar-refractivity contribution is -0.153. The maximum atomic E-state index is 12.5.